The van der Waals surface area contributed by atoms with Gasteiger partial charge in [-0.25, -0.2) is 4.98 Å². The minimum absolute atomic E-state index is 0.174. The summed E-state index contributed by atoms with van der Waals surface area (Å²) in [7, 11) is 0. The third-order valence-electron chi connectivity index (χ3n) is 4.19. The fourth-order valence-corrected chi connectivity index (χ4v) is 3.57. The van der Waals surface area contributed by atoms with Crippen LogP contribution in [0.4, 0.5) is 5.13 Å². The second-order valence-electron chi connectivity index (χ2n) is 6.39. The Kier molecular flexibility index (Phi) is 5.87. The van der Waals surface area contributed by atoms with Gasteiger partial charge in [-0.2, -0.15) is 10.2 Å². The molecule has 4 rings (SSSR count). The number of nitrogens with zero attached hydrogens (tertiary/aromatic N) is 5. The molecule has 0 fully saturated rings. The zero-order valence-corrected chi connectivity index (χ0v) is 16.6. The van der Waals surface area contributed by atoms with Crippen LogP contribution in [0.15, 0.2) is 59.4 Å². The molecule has 0 atom stereocenters. The third-order valence-corrected chi connectivity index (χ3v) is 5.10. The fraction of sp³-hybridized carbons (Fsp3) is 0.143. The number of rotatable bonds is 7. The van der Waals surface area contributed by atoms with Crippen LogP contribution >= 0.6 is 11.3 Å². The lowest BCUT2D eigenvalue weighted by Gasteiger charge is -1.99. The molecule has 0 saturated carbocycles. The Bertz CT molecular complexity index is 1180. The molecule has 4 aromatic rings. The first-order valence-electron chi connectivity index (χ1n) is 9.17. The van der Waals surface area contributed by atoms with Crippen LogP contribution in [0, 0.1) is 11.3 Å². The van der Waals surface area contributed by atoms with Crippen molar-refractivity contribution in [2.24, 2.45) is 0 Å². The van der Waals surface area contributed by atoms with Crippen LogP contribution in [-0.4, -0.2) is 26.0 Å². The van der Waals surface area contributed by atoms with Crippen molar-refractivity contribution in [3.05, 3.63) is 76.8 Å². The number of hydrogen-bond donors (Lipinski definition) is 1. The average Bonchev–Trinajstić information content (AvgIpc) is 3.43. The molecule has 9 heteroatoms. The van der Waals surface area contributed by atoms with Gasteiger partial charge in [-0.05, 0) is 29.8 Å². The van der Waals surface area contributed by atoms with Crippen LogP contribution in [0.2, 0.25) is 0 Å². The fourth-order valence-electron chi connectivity index (χ4n) is 2.70. The van der Waals surface area contributed by atoms with Crippen LogP contribution in [0.1, 0.15) is 28.3 Å². The van der Waals surface area contributed by atoms with Gasteiger partial charge in [0.15, 0.2) is 5.13 Å². The molecule has 1 N–H and O–H groups in total. The number of amides is 1. The first-order chi connectivity index (χ1) is 14.7. The van der Waals surface area contributed by atoms with Gasteiger partial charge in [-0.3, -0.25) is 9.78 Å². The Morgan fingerprint density at radius 2 is 2.03 bits per heavy atom. The van der Waals surface area contributed by atoms with Gasteiger partial charge in [-0.1, -0.05) is 23.4 Å². The molecular formula is C21H16N6O2S. The molecule has 0 aliphatic rings. The summed E-state index contributed by atoms with van der Waals surface area (Å²) >= 11 is 1.42. The highest BCUT2D eigenvalue weighted by Crippen LogP contribution is 2.22. The van der Waals surface area contributed by atoms with Crippen molar-refractivity contribution in [1.82, 2.24) is 20.1 Å². The predicted octanol–water partition coefficient (Wildman–Crippen LogP) is 3.62. The highest BCUT2D eigenvalue weighted by molar-refractivity contribution is 7.15. The van der Waals surface area contributed by atoms with E-state index >= 15 is 0 Å². The number of carbonyl (C=O) groups is 1. The SMILES string of the molecule is N#Cc1ccc(Cc2cnc(NC(=O)CCc3nc(-c4ccccn4)no3)s2)cc1. The lowest BCUT2D eigenvalue weighted by Crippen LogP contribution is -2.12. The zero-order chi connectivity index (χ0) is 20.8. The highest BCUT2D eigenvalue weighted by Gasteiger charge is 2.12. The average molecular weight is 416 g/mol. The largest absolute Gasteiger partial charge is 0.339 e. The van der Waals surface area contributed by atoms with E-state index in [0.717, 1.165) is 10.4 Å². The summed E-state index contributed by atoms with van der Waals surface area (Å²) in [6.45, 7) is 0. The summed E-state index contributed by atoms with van der Waals surface area (Å²) < 4.78 is 5.19. The summed E-state index contributed by atoms with van der Waals surface area (Å²) in [5, 5.41) is 16.1. The minimum Gasteiger partial charge on any atom is -0.339 e. The van der Waals surface area contributed by atoms with Gasteiger partial charge in [-0.15, -0.1) is 11.3 Å². The normalized spacial score (nSPS) is 10.5. The number of nitriles is 1. The molecule has 148 valence electrons. The molecule has 0 aliphatic carbocycles. The van der Waals surface area contributed by atoms with Gasteiger partial charge >= 0.3 is 0 Å². The molecule has 30 heavy (non-hydrogen) atoms. The topological polar surface area (TPSA) is 118 Å². The maximum Gasteiger partial charge on any atom is 0.227 e. The molecule has 0 radical (unpaired) electrons. The van der Waals surface area contributed by atoms with E-state index < -0.39 is 0 Å². The van der Waals surface area contributed by atoms with Crippen LogP contribution < -0.4 is 5.32 Å². The van der Waals surface area contributed by atoms with Gasteiger partial charge in [0, 0.05) is 36.5 Å². The predicted molar refractivity (Wildman–Crippen MR) is 111 cm³/mol. The van der Waals surface area contributed by atoms with E-state index in [1.54, 1.807) is 30.6 Å². The minimum atomic E-state index is -0.174. The first kappa shape index (κ1) is 19.4. The van der Waals surface area contributed by atoms with E-state index in [0.29, 0.717) is 40.9 Å². The number of aryl methyl sites for hydroxylation is 1. The Morgan fingerprint density at radius 1 is 1.17 bits per heavy atom. The van der Waals surface area contributed by atoms with Gasteiger partial charge in [0.05, 0.1) is 11.6 Å². The van der Waals surface area contributed by atoms with Crippen molar-refractivity contribution in [2.75, 3.05) is 5.32 Å². The number of anilines is 1. The smallest absolute Gasteiger partial charge is 0.227 e. The maximum atomic E-state index is 12.2. The van der Waals surface area contributed by atoms with E-state index in [-0.39, 0.29) is 12.3 Å². The number of thiazole rings is 1. The van der Waals surface area contributed by atoms with E-state index in [9.17, 15) is 4.79 Å². The van der Waals surface area contributed by atoms with Crippen molar-refractivity contribution in [3.8, 4) is 17.6 Å². The summed E-state index contributed by atoms with van der Waals surface area (Å²) in [5.74, 6) is 0.608. The molecular weight excluding hydrogens is 400 g/mol. The summed E-state index contributed by atoms with van der Waals surface area (Å²) in [5.41, 5.74) is 2.33. The number of nitrogens with one attached hydrogen (secondary N) is 1. The monoisotopic (exact) mass is 416 g/mol. The molecule has 3 aromatic heterocycles. The van der Waals surface area contributed by atoms with Crippen molar-refractivity contribution in [3.63, 3.8) is 0 Å². The summed E-state index contributed by atoms with van der Waals surface area (Å²) in [4.78, 5) is 25.9. The Balaban J connectivity index is 1.28. The van der Waals surface area contributed by atoms with Crippen molar-refractivity contribution in [2.45, 2.75) is 19.3 Å². The summed E-state index contributed by atoms with van der Waals surface area (Å²) in [6.07, 6.45) is 4.62. The van der Waals surface area contributed by atoms with Crippen molar-refractivity contribution < 1.29 is 9.32 Å². The zero-order valence-electron chi connectivity index (χ0n) is 15.8. The van der Waals surface area contributed by atoms with E-state index in [1.165, 1.54) is 11.3 Å². The van der Waals surface area contributed by atoms with Crippen LogP contribution in [0.25, 0.3) is 11.5 Å². The van der Waals surface area contributed by atoms with Gasteiger partial charge in [0.1, 0.15) is 5.69 Å². The molecule has 0 aliphatic heterocycles. The van der Waals surface area contributed by atoms with Crippen molar-refractivity contribution >= 4 is 22.4 Å². The van der Waals surface area contributed by atoms with Crippen LogP contribution in [0.5, 0.6) is 0 Å². The van der Waals surface area contributed by atoms with Crippen LogP contribution in [0.3, 0.4) is 0 Å². The first-order valence-corrected chi connectivity index (χ1v) is 9.99. The van der Waals surface area contributed by atoms with Crippen molar-refractivity contribution in [1.29, 1.82) is 5.26 Å². The molecule has 1 aromatic carbocycles. The second-order valence-corrected chi connectivity index (χ2v) is 7.51. The Hall–Kier alpha value is -3.90. The Morgan fingerprint density at radius 3 is 2.80 bits per heavy atom. The molecule has 0 spiro atoms. The number of aromatic nitrogens is 4. The Labute approximate surface area is 176 Å². The van der Waals surface area contributed by atoms with Gasteiger partial charge < -0.3 is 9.84 Å². The number of benzene rings is 1. The number of pyridine rings is 1. The standard InChI is InChI=1S/C21H16N6O2S/c22-12-15-6-4-14(5-7-15)11-16-13-24-21(30-16)25-18(28)8-9-19-26-20(27-29-19)17-3-1-2-10-23-17/h1-7,10,13H,8-9,11H2,(H,24,25,28). The second kappa shape index (κ2) is 9.07. The quantitative estimate of drug-likeness (QED) is 0.489. The third kappa shape index (κ3) is 4.92. The molecule has 0 bridgehead atoms. The molecule has 0 unspecified atom stereocenters. The number of carbonyl (C=O) groups excluding carboxylic acids is 1. The molecule has 1 amide bonds. The lowest BCUT2D eigenvalue weighted by molar-refractivity contribution is -0.116. The molecule has 0 saturated heterocycles. The maximum absolute atomic E-state index is 12.2. The molecule has 8 nitrogen and oxygen atoms in total. The van der Waals surface area contributed by atoms with E-state index in [4.69, 9.17) is 9.78 Å². The van der Waals surface area contributed by atoms with Gasteiger partial charge in [0.2, 0.25) is 17.6 Å². The van der Waals surface area contributed by atoms with E-state index in [2.05, 4.69) is 31.5 Å². The van der Waals surface area contributed by atoms with E-state index in [1.807, 2.05) is 24.3 Å². The van der Waals surface area contributed by atoms with Gasteiger partial charge in [0.25, 0.3) is 0 Å². The molecule has 3 heterocycles. The highest BCUT2D eigenvalue weighted by atomic mass is 32.1. The number of hydrogen-bond acceptors (Lipinski definition) is 8. The van der Waals surface area contributed by atoms with Crippen LogP contribution in [-0.2, 0) is 17.6 Å². The summed E-state index contributed by atoms with van der Waals surface area (Å²) in [6, 6.07) is 15.0. The lowest BCUT2D eigenvalue weighted by atomic mass is 10.1.